The second-order valence-electron chi connectivity index (χ2n) is 4.38. The van der Waals surface area contributed by atoms with E-state index in [0.717, 1.165) is 23.7 Å². The van der Waals surface area contributed by atoms with Gasteiger partial charge in [-0.05, 0) is 42.0 Å². The third-order valence-corrected chi connectivity index (χ3v) is 4.50. The summed E-state index contributed by atoms with van der Waals surface area (Å²) in [5.41, 5.74) is 2.50. The number of rotatable bonds is 3. The smallest absolute Gasteiger partial charge is 0.0947 e. The third kappa shape index (κ3) is 2.58. The van der Waals surface area contributed by atoms with Crippen LogP contribution in [0.2, 0.25) is 5.02 Å². The zero-order valence-corrected chi connectivity index (χ0v) is 11.4. The molecule has 18 heavy (non-hydrogen) atoms. The number of benzene rings is 1. The first-order chi connectivity index (χ1) is 8.83. The highest BCUT2D eigenvalue weighted by Crippen LogP contribution is 2.37. The van der Waals surface area contributed by atoms with Crippen LogP contribution in [0.15, 0.2) is 46.1 Å². The topological polar surface area (TPSA) is 25.2 Å². The molecule has 0 bridgehead atoms. The van der Waals surface area contributed by atoms with Crippen LogP contribution in [-0.2, 0) is 6.54 Å². The lowest BCUT2D eigenvalue weighted by molar-refractivity contribution is 0.504. The van der Waals surface area contributed by atoms with Crippen LogP contribution in [0, 0.1) is 0 Å². The Labute approximate surface area is 116 Å². The summed E-state index contributed by atoms with van der Waals surface area (Å²) >= 11 is 8.00. The quantitative estimate of drug-likeness (QED) is 0.909. The van der Waals surface area contributed by atoms with Gasteiger partial charge in [0.1, 0.15) is 0 Å². The van der Waals surface area contributed by atoms with Gasteiger partial charge < -0.3 is 9.73 Å². The average Bonchev–Trinajstić information content (AvgIpc) is 2.89. The number of thioether (sulfide) groups is 1. The van der Waals surface area contributed by atoms with Crippen LogP contribution in [0.4, 0.5) is 0 Å². The van der Waals surface area contributed by atoms with Crippen molar-refractivity contribution in [3.63, 3.8) is 0 Å². The Hall–Kier alpha value is -0.900. The summed E-state index contributed by atoms with van der Waals surface area (Å²) in [5, 5.41) is 4.39. The highest BCUT2D eigenvalue weighted by atomic mass is 35.5. The van der Waals surface area contributed by atoms with Crippen LogP contribution in [-0.4, -0.2) is 5.75 Å². The monoisotopic (exact) mass is 279 g/mol. The van der Waals surface area contributed by atoms with E-state index in [1.54, 1.807) is 12.5 Å². The Bertz CT molecular complexity index is 527. The van der Waals surface area contributed by atoms with Crippen molar-refractivity contribution in [2.75, 3.05) is 5.75 Å². The summed E-state index contributed by atoms with van der Waals surface area (Å²) in [6.07, 6.45) is 4.62. The van der Waals surface area contributed by atoms with Crippen LogP contribution >= 0.6 is 23.4 Å². The van der Waals surface area contributed by atoms with E-state index in [1.807, 2.05) is 23.9 Å². The maximum absolute atomic E-state index is 6.09. The number of furan rings is 1. The first kappa shape index (κ1) is 12.2. The minimum atomic E-state index is 0.384. The van der Waals surface area contributed by atoms with E-state index in [2.05, 4.69) is 17.4 Å². The normalized spacial score (nSPS) is 18.6. The molecule has 2 aromatic rings. The largest absolute Gasteiger partial charge is 0.472 e. The van der Waals surface area contributed by atoms with Gasteiger partial charge in [-0.3, -0.25) is 0 Å². The predicted octanol–water partition coefficient (Wildman–Crippen LogP) is 4.26. The molecular weight excluding hydrogens is 266 g/mol. The maximum atomic E-state index is 6.09. The number of hydrogen-bond donors (Lipinski definition) is 1. The van der Waals surface area contributed by atoms with Crippen molar-refractivity contribution in [3.05, 3.63) is 52.9 Å². The van der Waals surface area contributed by atoms with Gasteiger partial charge in [-0.25, -0.2) is 0 Å². The second-order valence-corrected chi connectivity index (χ2v) is 5.96. The minimum absolute atomic E-state index is 0.384. The van der Waals surface area contributed by atoms with Crippen LogP contribution in [0.25, 0.3) is 0 Å². The molecule has 94 valence electrons. The van der Waals surface area contributed by atoms with Crippen LogP contribution in [0.3, 0.4) is 0 Å². The molecule has 2 nitrogen and oxygen atoms in total. The molecule has 1 N–H and O–H groups in total. The average molecular weight is 280 g/mol. The van der Waals surface area contributed by atoms with E-state index >= 15 is 0 Å². The molecule has 0 fully saturated rings. The second kappa shape index (κ2) is 5.39. The maximum Gasteiger partial charge on any atom is 0.0947 e. The molecule has 0 saturated heterocycles. The molecule has 1 aromatic carbocycles. The molecule has 3 rings (SSSR count). The fraction of sp³-hybridized carbons (Fsp3) is 0.286. The van der Waals surface area contributed by atoms with E-state index in [-0.39, 0.29) is 0 Å². The van der Waals surface area contributed by atoms with E-state index in [1.165, 1.54) is 16.0 Å². The Morgan fingerprint density at radius 2 is 2.33 bits per heavy atom. The minimum Gasteiger partial charge on any atom is -0.472 e. The van der Waals surface area contributed by atoms with Gasteiger partial charge in [0, 0.05) is 28.1 Å². The van der Waals surface area contributed by atoms with Crippen molar-refractivity contribution in [3.8, 4) is 0 Å². The van der Waals surface area contributed by atoms with Gasteiger partial charge in [0.05, 0.1) is 12.5 Å². The Kier molecular flexibility index (Phi) is 3.64. The lowest BCUT2D eigenvalue weighted by atomic mass is 10.0. The van der Waals surface area contributed by atoms with Crippen LogP contribution in [0.5, 0.6) is 0 Å². The van der Waals surface area contributed by atoms with Crippen molar-refractivity contribution in [2.45, 2.75) is 23.9 Å². The number of fused-ring (bicyclic) bond motifs is 1. The molecule has 1 aliphatic rings. The zero-order valence-electron chi connectivity index (χ0n) is 9.86. The van der Waals surface area contributed by atoms with Gasteiger partial charge in [0.2, 0.25) is 0 Å². The van der Waals surface area contributed by atoms with E-state index in [0.29, 0.717) is 6.04 Å². The van der Waals surface area contributed by atoms with Gasteiger partial charge in [0.15, 0.2) is 0 Å². The summed E-state index contributed by atoms with van der Waals surface area (Å²) in [7, 11) is 0. The van der Waals surface area contributed by atoms with Crippen LogP contribution < -0.4 is 5.32 Å². The van der Waals surface area contributed by atoms with Crippen molar-refractivity contribution < 1.29 is 4.42 Å². The Morgan fingerprint density at radius 3 is 3.17 bits per heavy atom. The van der Waals surface area contributed by atoms with Gasteiger partial charge in [-0.1, -0.05) is 11.6 Å². The van der Waals surface area contributed by atoms with Crippen molar-refractivity contribution in [2.24, 2.45) is 0 Å². The van der Waals surface area contributed by atoms with Crippen molar-refractivity contribution in [1.82, 2.24) is 5.32 Å². The fourth-order valence-electron chi connectivity index (χ4n) is 2.21. The SMILES string of the molecule is Clc1ccc2c(c1)C(NCc1ccoc1)CCS2. The molecule has 0 saturated carbocycles. The third-order valence-electron chi connectivity index (χ3n) is 3.14. The summed E-state index contributed by atoms with van der Waals surface area (Å²) in [5.74, 6) is 1.15. The summed E-state index contributed by atoms with van der Waals surface area (Å²) in [6.45, 7) is 0.831. The standard InChI is InChI=1S/C14H14ClNOS/c15-11-1-2-14-12(7-11)13(4-6-18-14)16-8-10-3-5-17-9-10/h1-3,5,7,9,13,16H,4,6,8H2. The van der Waals surface area contributed by atoms with E-state index in [4.69, 9.17) is 16.0 Å². The molecule has 0 amide bonds. The lowest BCUT2D eigenvalue weighted by Gasteiger charge is -2.26. The van der Waals surface area contributed by atoms with Crippen molar-refractivity contribution in [1.29, 1.82) is 0 Å². The predicted molar refractivity (Wildman–Crippen MR) is 75.1 cm³/mol. The number of hydrogen-bond acceptors (Lipinski definition) is 3. The number of nitrogens with one attached hydrogen (secondary N) is 1. The molecule has 0 spiro atoms. The first-order valence-corrected chi connectivity index (χ1v) is 7.36. The van der Waals surface area contributed by atoms with E-state index < -0.39 is 0 Å². The molecule has 1 atom stereocenters. The van der Waals surface area contributed by atoms with Crippen molar-refractivity contribution >= 4 is 23.4 Å². The molecule has 1 aromatic heterocycles. The van der Waals surface area contributed by atoms with Gasteiger partial charge in [-0.15, -0.1) is 11.8 Å². The molecule has 1 aliphatic heterocycles. The number of halogens is 1. The molecule has 4 heteroatoms. The van der Waals surface area contributed by atoms with E-state index in [9.17, 15) is 0 Å². The Balaban J connectivity index is 1.76. The molecule has 1 unspecified atom stereocenters. The fourth-order valence-corrected chi connectivity index (χ4v) is 3.50. The summed E-state index contributed by atoms with van der Waals surface area (Å²) < 4.78 is 5.08. The zero-order chi connectivity index (χ0) is 12.4. The molecular formula is C14H14ClNOS. The highest BCUT2D eigenvalue weighted by Gasteiger charge is 2.20. The lowest BCUT2D eigenvalue weighted by Crippen LogP contribution is -2.24. The summed E-state index contributed by atoms with van der Waals surface area (Å²) in [6, 6.07) is 8.54. The molecule has 0 radical (unpaired) electrons. The summed E-state index contributed by atoms with van der Waals surface area (Å²) in [4.78, 5) is 1.34. The molecule has 0 aliphatic carbocycles. The first-order valence-electron chi connectivity index (χ1n) is 5.99. The highest BCUT2D eigenvalue weighted by molar-refractivity contribution is 7.99. The van der Waals surface area contributed by atoms with Crippen LogP contribution in [0.1, 0.15) is 23.6 Å². The Morgan fingerprint density at radius 1 is 1.39 bits per heavy atom. The van der Waals surface area contributed by atoms with Gasteiger partial charge in [-0.2, -0.15) is 0 Å². The van der Waals surface area contributed by atoms with Gasteiger partial charge >= 0.3 is 0 Å². The molecule has 2 heterocycles. The van der Waals surface area contributed by atoms with Gasteiger partial charge in [0.25, 0.3) is 0 Å².